The predicted octanol–water partition coefficient (Wildman–Crippen LogP) is 4.71. The average molecular weight is 417 g/mol. The lowest BCUT2D eigenvalue weighted by Crippen LogP contribution is -2.33. The van der Waals surface area contributed by atoms with Gasteiger partial charge in [-0.05, 0) is 50.3 Å². The van der Waals surface area contributed by atoms with Crippen LogP contribution >= 0.6 is 11.8 Å². The van der Waals surface area contributed by atoms with Crippen LogP contribution in [-0.2, 0) is 11.3 Å². The Morgan fingerprint density at radius 1 is 1.21 bits per heavy atom. The molecule has 1 amide bonds. The van der Waals surface area contributed by atoms with Gasteiger partial charge >= 0.3 is 0 Å². The van der Waals surface area contributed by atoms with Gasteiger partial charge in [0.15, 0.2) is 17.1 Å². The molecule has 1 fully saturated rings. The number of amides is 1. The first-order valence-electron chi connectivity index (χ1n) is 10.6. The maximum absolute atomic E-state index is 12.2. The van der Waals surface area contributed by atoms with Crippen LogP contribution in [0.15, 0.2) is 29.4 Å². The summed E-state index contributed by atoms with van der Waals surface area (Å²) in [6.07, 6.45) is 4.39. The van der Waals surface area contributed by atoms with E-state index in [1.807, 2.05) is 23.6 Å². The second-order valence-corrected chi connectivity index (χ2v) is 8.85. The number of thioether (sulfide) groups is 1. The molecule has 0 aliphatic heterocycles. The number of aromatic nitrogens is 3. The number of carbonyl (C=O) groups is 1. The van der Waals surface area contributed by atoms with Gasteiger partial charge in [-0.1, -0.05) is 50.6 Å². The molecule has 3 rings (SSSR count). The molecule has 2 aromatic rings. The molecule has 1 N–H and O–H groups in total. The van der Waals surface area contributed by atoms with E-state index >= 15 is 0 Å². The molecule has 1 aromatic carbocycles. The van der Waals surface area contributed by atoms with Gasteiger partial charge in [-0.2, -0.15) is 0 Å². The molecule has 0 spiro atoms. The fraction of sp³-hybridized carbons (Fsp3) is 0.591. The zero-order valence-electron chi connectivity index (χ0n) is 17.9. The summed E-state index contributed by atoms with van der Waals surface area (Å²) in [5.41, 5.74) is 1.29. The third kappa shape index (κ3) is 5.75. The SMILES string of the molecule is CCn1c(SCC(=O)NC2CCCC2)nnc1C(C)Oc1ccc(C(C)C)cc1. The van der Waals surface area contributed by atoms with Gasteiger partial charge in [-0.25, -0.2) is 0 Å². The van der Waals surface area contributed by atoms with Gasteiger partial charge in [0.25, 0.3) is 0 Å². The highest BCUT2D eigenvalue weighted by atomic mass is 32.2. The Morgan fingerprint density at radius 2 is 1.90 bits per heavy atom. The Bertz CT molecular complexity index is 798. The number of ether oxygens (including phenoxy) is 1. The molecule has 1 aliphatic rings. The molecule has 0 saturated heterocycles. The zero-order chi connectivity index (χ0) is 20.8. The number of nitrogens with one attached hydrogen (secondary N) is 1. The van der Waals surface area contributed by atoms with Crippen LogP contribution in [0.4, 0.5) is 0 Å². The fourth-order valence-corrected chi connectivity index (χ4v) is 4.48. The molecule has 6 nitrogen and oxygen atoms in total. The van der Waals surface area contributed by atoms with Crippen molar-refractivity contribution in [1.29, 1.82) is 0 Å². The van der Waals surface area contributed by atoms with Crippen molar-refractivity contribution >= 4 is 17.7 Å². The van der Waals surface area contributed by atoms with E-state index in [-0.39, 0.29) is 12.0 Å². The van der Waals surface area contributed by atoms with Gasteiger partial charge in [-0.15, -0.1) is 10.2 Å². The molecular formula is C22H32N4O2S. The van der Waals surface area contributed by atoms with Crippen molar-refractivity contribution in [3.63, 3.8) is 0 Å². The van der Waals surface area contributed by atoms with E-state index in [1.165, 1.54) is 30.2 Å². The van der Waals surface area contributed by atoms with Crippen molar-refractivity contribution in [3.05, 3.63) is 35.7 Å². The molecule has 1 saturated carbocycles. The molecule has 29 heavy (non-hydrogen) atoms. The van der Waals surface area contributed by atoms with E-state index < -0.39 is 0 Å². The standard InChI is InChI=1S/C22H32N4O2S/c1-5-26-21(16(4)28-19-12-10-17(11-13-19)15(2)3)24-25-22(26)29-14-20(27)23-18-8-6-7-9-18/h10-13,15-16,18H,5-9,14H2,1-4H3,(H,23,27). The normalized spacial score (nSPS) is 15.6. The van der Waals surface area contributed by atoms with Crippen molar-refractivity contribution in [3.8, 4) is 5.75 Å². The second-order valence-electron chi connectivity index (χ2n) is 7.91. The van der Waals surface area contributed by atoms with Crippen molar-refractivity contribution in [2.24, 2.45) is 0 Å². The number of carbonyl (C=O) groups excluding carboxylic acids is 1. The van der Waals surface area contributed by atoms with Crippen molar-refractivity contribution in [1.82, 2.24) is 20.1 Å². The summed E-state index contributed by atoms with van der Waals surface area (Å²) in [7, 11) is 0. The quantitative estimate of drug-likeness (QED) is 0.600. The van der Waals surface area contributed by atoms with Gasteiger partial charge in [-0.3, -0.25) is 4.79 Å². The lowest BCUT2D eigenvalue weighted by Gasteiger charge is -2.16. The minimum Gasteiger partial charge on any atom is -0.483 e. The first-order chi connectivity index (χ1) is 14.0. The summed E-state index contributed by atoms with van der Waals surface area (Å²) in [4.78, 5) is 12.2. The van der Waals surface area contributed by atoms with E-state index in [0.29, 0.717) is 17.7 Å². The minimum absolute atomic E-state index is 0.0728. The minimum atomic E-state index is -0.228. The number of hydrogen-bond donors (Lipinski definition) is 1. The van der Waals surface area contributed by atoms with Crippen LogP contribution in [0.1, 0.15) is 76.8 Å². The summed E-state index contributed by atoms with van der Waals surface area (Å²) in [5.74, 6) is 2.52. The van der Waals surface area contributed by atoms with E-state index in [1.54, 1.807) is 0 Å². The van der Waals surface area contributed by atoms with Crippen LogP contribution in [0, 0.1) is 0 Å². The van der Waals surface area contributed by atoms with E-state index in [2.05, 4.69) is 48.4 Å². The van der Waals surface area contributed by atoms with Gasteiger partial charge < -0.3 is 14.6 Å². The largest absolute Gasteiger partial charge is 0.483 e. The maximum atomic E-state index is 12.2. The van der Waals surface area contributed by atoms with Gasteiger partial charge in [0.1, 0.15) is 5.75 Å². The number of nitrogens with zero attached hydrogens (tertiary/aromatic N) is 3. The molecule has 0 radical (unpaired) electrons. The second kappa shape index (κ2) is 10.1. The lowest BCUT2D eigenvalue weighted by molar-refractivity contribution is -0.119. The molecule has 1 aliphatic carbocycles. The Morgan fingerprint density at radius 3 is 2.52 bits per heavy atom. The Labute approximate surface area is 177 Å². The molecule has 1 heterocycles. The predicted molar refractivity (Wildman–Crippen MR) is 116 cm³/mol. The number of hydrogen-bond acceptors (Lipinski definition) is 5. The van der Waals surface area contributed by atoms with E-state index in [0.717, 1.165) is 36.1 Å². The monoisotopic (exact) mass is 416 g/mol. The summed E-state index contributed by atoms with van der Waals surface area (Å²) in [6.45, 7) is 9.12. The molecule has 0 bridgehead atoms. The summed E-state index contributed by atoms with van der Waals surface area (Å²) >= 11 is 1.43. The lowest BCUT2D eigenvalue weighted by atomic mass is 10.0. The first kappa shape index (κ1) is 21.7. The molecule has 1 atom stereocenters. The van der Waals surface area contributed by atoms with Crippen molar-refractivity contribution in [2.75, 3.05) is 5.75 Å². The van der Waals surface area contributed by atoms with E-state index in [9.17, 15) is 4.79 Å². The zero-order valence-corrected chi connectivity index (χ0v) is 18.7. The van der Waals surface area contributed by atoms with E-state index in [4.69, 9.17) is 4.74 Å². The van der Waals surface area contributed by atoms with Crippen molar-refractivity contribution in [2.45, 2.75) is 83.1 Å². The number of benzene rings is 1. The Balaban J connectivity index is 1.59. The number of rotatable bonds is 9. The highest BCUT2D eigenvalue weighted by molar-refractivity contribution is 7.99. The Hall–Kier alpha value is -2.02. The molecule has 1 unspecified atom stereocenters. The maximum Gasteiger partial charge on any atom is 0.230 e. The van der Waals surface area contributed by atoms with Crippen LogP contribution in [0.2, 0.25) is 0 Å². The van der Waals surface area contributed by atoms with Crippen molar-refractivity contribution < 1.29 is 9.53 Å². The Kier molecular flexibility index (Phi) is 7.58. The van der Waals surface area contributed by atoms with Crippen LogP contribution in [-0.4, -0.2) is 32.5 Å². The third-order valence-electron chi connectivity index (χ3n) is 5.34. The third-order valence-corrected chi connectivity index (χ3v) is 6.30. The highest BCUT2D eigenvalue weighted by Gasteiger charge is 2.21. The topological polar surface area (TPSA) is 69.0 Å². The molecular weight excluding hydrogens is 384 g/mol. The van der Waals surface area contributed by atoms with Gasteiger partial charge in [0.2, 0.25) is 5.91 Å². The molecule has 7 heteroatoms. The van der Waals surface area contributed by atoms with Gasteiger partial charge in [0.05, 0.1) is 5.75 Å². The highest BCUT2D eigenvalue weighted by Crippen LogP contribution is 2.26. The smallest absolute Gasteiger partial charge is 0.230 e. The average Bonchev–Trinajstić information content (AvgIpc) is 3.36. The van der Waals surface area contributed by atoms with Crippen LogP contribution in [0.5, 0.6) is 5.75 Å². The summed E-state index contributed by atoms with van der Waals surface area (Å²) < 4.78 is 8.12. The van der Waals surface area contributed by atoms with Gasteiger partial charge in [0, 0.05) is 12.6 Å². The van der Waals surface area contributed by atoms with Crippen LogP contribution in [0.25, 0.3) is 0 Å². The molecule has 1 aromatic heterocycles. The fourth-order valence-electron chi connectivity index (χ4n) is 3.66. The first-order valence-corrected chi connectivity index (χ1v) is 11.6. The van der Waals surface area contributed by atoms with Crippen LogP contribution < -0.4 is 10.1 Å². The van der Waals surface area contributed by atoms with Crippen LogP contribution in [0.3, 0.4) is 0 Å². The summed E-state index contributed by atoms with van der Waals surface area (Å²) in [6, 6.07) is 8.55. The molecule has 158 valence electrons. The summed E-state index contributed by atoms with van der Waals surface area (Å²) in [5, 5.41) is 12.5.